The van der Waals surface area contributed by atoms with E-state index in [0.717, 1.165) is 17.7 Å². The number of pyridine rings is 1. The molecule has 0 unspecified atom stereocenters. The van der Waals surface area contributed by atoms with Crippen molar-refractivity contribution in [2.45, 2.75) is 6.42 Å². The van der Waals surface area contributed by atoms with Crippen molar-refractivity contribution < 1.29 is 28.8 Å². The molecule has 3 aromatic rings. The number of phenols is 1. The normalized spacial score (nSPS) is 10.4. The number of nitrogens with two attached hydrogens (primary N) is 1. The number of rotatable bonds is 7. The molecule has 148 valence electrons. The zero-order valence-electron chi connectivity index (χ0n) is 15.3. The summed E-state index contributed by atoms with van der Waals surface area (Å²) in [6, 6.07) is 13.9. The smallest absolute Gasteiger partial charge is 0.313 e. The van der Waals surface area contributed by atoms with E-state index in [9.17, 15) is 19.1 Å². The molecule has 0 spiro atoms. The number of phenolic OH excluding ortho intramolecular Hbond substituents is 1. The molecule has 1 heterocycles. The molecule has 5 N–H and O–H groups in total. The molecule has 0 bridgehead atoms. The number of primary amides is 1. The number of hydrogen-bond donors (Lipinski definition) is 3. The minimum absolute atomic E-state index is 0.128. The summed E-state index contributed by atoms with van der Waals surface area (Å²) < 4.78 is 19.1. The second kappa shape index (κ2) is 8.83. The van der Waals surface area contributed by atoms with Gasteiger partial charge in [0.1, 0.15) is 11.5 Å². The highest BCUT2D eigenvalue weighted by molar-refractivity contribution is 5.94. The summed E-state index contributed by atoms with van der Waals surface area (Å²) in [5.74, 6) is -1.35. The predicted molar refractivity (Wildman–Crippen MR) is 102 cm³/mol. The van der Waals surface area contributed by atoms with Crippen LogP contribution in [0.15, 0.2) is 60.8 Å². The minimum atomic E-state index is -0.847. The summed E-state index contributed by atoms with van der Waals surface area (Å²) in [6.45, 7) is 0.330. The number of aromatic nitrogens is 1. The third-order valence-electron chi connectivity index (χ3n) is 4.08. The van der Waals surface area contributed by atoms with Crippen molar-refractivity contribution in [1.82, 2.24) is 5.32 Å². The highest BCUT2D eigenvalue weighted by Crippen LogP contribution is 2.22. The molecule has 0 aliphatic heterocycles. The number of aromatic hydroxyl groups is 1. The number of carbonyl (C=O) groups is 2. The van der Waals surface area contributed by atoms with E-state index in [4.69, 9.17) is 10.5 Å². The van der Waals surface area contributed by atoms with Crippen LogP contribution in [-0.2, 0) is 6.42 Å². The molecule has 2 amide bonds. The van der Waals surface area contributed by atoms with E-state index in [0.29, 0.717) is 24.5 Å². The van der Waals surface area contributed by atoms with Crippen LogP contribution in [0, 0.1) is 5.82 Å². The van der Waals surface area contributed by atoms with Gasteiger partial charge in [-0.2, -0.15) is 0 Å². The van der Waals surface area contributed by atoms with Crippen molar-refractivity contribution in [3.05, 3.63) is 83.4 Å². The first kappa shape index (κ1) is 19.8. The molecular formula is C21H19FN3O4+. The quantitative estimate of drug-likeness (QED) is 0.568. The number of H-pyrrole nitrogens is 1. The summed E-state index contributed by atoms with van der Waals surface area (Å²) in [5, 5.41) is 11.9. The second-order valence-electron chi connectivity index (χ2n) is 6.22. The van der Waals surface area contributed by atoms with E-state index in [1.165, 1.54) is 12.1 Å². The first-order valence-corrected chi connectivity index (χ1v) is 8.77. The molecule has 3 rings (SSSR count). The van der Waals surface area contributed by atoms with Crippen LogP contribution in [0.4, 0.5) is 4.39 Å². The Kier molecular flexibility index (Phi) is 6.03. The van der Waals surface area contributed by atoms with E-state index < -0.39 is 23.4 Å². The summed E-state index contributed by atoms with van der Waals surface area (Å²) in [5.41, 5.74) is 6.51. The van der Waals surface area contributed by atoms with E-state index in [1.807, 2.05) is 18.2 Å². The molecule has 0 atom stereocenters. The van der Waals surface area contributed by atoms with Crippen LogP contribution < -0.4 is 20.8 Å². The van der Waals surface area contributed by atoms with Crippen LogP contribution in [0.5, 0.6) is 17.2 Å². The molecule has 8 heteroatoms. The summed E-state index contributed by atoms with van der Waals surface area (Å²) in [4.78, 5) is 26.0. The molecule has 2 aromatic carbocycles. The molecule has 0 saturated heterocycles. The van der Waals surface area contributed by atoms with Gasteiger partial charge in [0.05, 0.1) is 6.07 Å². The van der Waals surface area contributed by atoms with Crippen LogP contribution in [-0.4, -0.2) is 23.5 Å². The lowest BCUT2D eigenvalue weighted by Gasteiger charge is -2.09. The van der Waals surface area contributed by atoms with Gasteiger partial charge in [0.15, 0.2) is 17.8 Å². The van der Waals surface area contributed by atoms with Gasteiger partial charge in [-0.1, -0.05) is 12.1 Å². The Balaban J connectivity index is 1.58. The Bertz CT molecular complexity index is 1060. The average Bonchev–Trinajstić information content (AvgIpc) is 2.70. The maximum Gasteiger partial charge on any atom is 0.313 e. The molecule has 0 aliphatic rings. The van der Waals surface area contributed by atoms with Gasteiger partial charge in [0.2, 0.25) is 0 Å². The molecule has 0 saturated carbocycles. The van der Waals surface area contributed by atoms with Crippen LogP contribution in [0.3, 0.4) is 0 Å². The van der Waals surface area contributed by atoms with Crippen molar-refractivity contribution in [3.63, 3.8) is 0 Å². The van der Waals surface area contributed by atoms with Gasteiger partial charge in [-0.05, 0) is 42.3 Å². The number of aromatic amines is 1. The molecule has 29 heavy (non-hydrogen) atoms. The van der Waals surface area contributed by atoms with Crippen molar-refractivity contribution >= 4 is 11.8 Å². The fourth-order valence-electron chi connectivity index (χ4n) is 2.62. The standard InChI is InChI=1S/C21H18FN3O4/c22-17-11-14(4-5-19(17)26)21(28)25-8-6-13-2-1-3-15(10-13)29-16-7-9-24-18(12-16)20(23)27/h1-5,7,9-12,26H,6,8H2,(H2,23,27)(H,25,28)/p+1. The number of carbonyl (C=O) groups excluding carboxylic acids is 2. The maximum absolute atomic E-state index is 13.3. The molecule has 0 radical (unpaired) electrons. The van der Waals surface area contributed by atoms with Gasteiger partial charge >= 0.3 is 5.91 Å². The van der Waals surface area contributed by atoms with Gasteiger partial charge in [0.25, 0.3) is 11.6 Å². The van der Waals surface area contributed by atoms with Crippen molar-refractivity contribution in [2.75, 3.05) is 6.54 Å². The average molecular weight is 396 g/mol. The van der Waals surface area contributed by atoms with Gasteiger partial charge in [0, 0.05) is 18.2 Å². The lowest BCUT2D eigenvalue weighted by Crippen LogP contribution is -2.25. The lowest BCUT2D eigenvalue weighted by molar-refractivity contribution is -0.382. The fraction of sp³-hybridized carbons (Fsp3) is 0.0952. The molecule has 7 nitrogen and oxygen atoms in total. The van der Waals surface area contributed by atoms with E-state index in [2.05, 4.69) is 10.3 Å². The monoisotopic (exact) mass is 396 g/mol. The molecule has 1 aromatic heterocycles. The maximum atomic E-state index is 13.3. The summed E-state index contributed by atoms with van der Waals surface area (Å²) in [6.07, 6.45) is 2.08. The highest BCUT2D eigenvalue weighted by Gasteiger charge is 2.11. The SMILES string of the molecule is NC(=O)c1cc(Oc2cccc(CCNC(=O)c3ccc(O)c(F)c3)c2)cc[nH+]1. The summed E-state index contributed by atoms with van der Waals surface area (Å²) >= 11 is 0. The molecular weight excluding hydrogens is 377 g/mol. The van der Waals surface area contributed by atoms with Gasteiger partial charge in [-0.3, -0.25) is 9.59 Å². The number of nitrogens with one attached hydrogen (secondary N) is 2. The predicted octanol–water partition coefficient (Wildman–Crippen LogP) is 2.21. The van der Waals surface area contributed by atoms with Crippen molar-refractivity contribution in [1.29, 1.82) is 0 Å². The molecule has 0 fully saturated rings. The Morgan fingerprint density at radius 3 is 2.66 bits per heavy atom. The van der Waals surface area contributed by atoms with Gasteiger partial charge in [-0.15, -0.1) is 0 Å². The van der Waals surface area contributed by atoms with Crippen molar-refractivity contribution in [3.8, 4) is 17.2 Å². The van der Waals surface area contributed by atoms with Crippen LogP contribution in [0.2, 0.25) is 0 Å². The van der Waals surface area contributed by atoms with Gasteiger partial charge < -0.3 is 20.9 Å². The first-order valence-electron chi connectivity index (χ1n) is 8.77. The Hall–Kier alpha value is -3.94. The largest absolute Gasteiger partial charge is 0.505 e. The third-order valence-corrected chi connectivity index (χ3v) is 4.08. The van der Waals surface area contributed by atoms with Crippen LogP contribution in [0.1, 0.15) is 26.4 Å². The third kappa shape index (κ3) is 5.29. The van der Waals surface area contributed by atoms with Crippen LogP contribution >= 0.6 is 0 Å². The summed E-state index contributed by atoms with van der Waals surface area (Å²) in [7, 11) is 0. The van der Waals surface area contributed by atoms with E-state index >= 15 is 0 Å². The van der Waals surface area contributed by atoms with Gasteiger partial charge in [-0.25, -0.2) is 9.37 Å². The topological polar surface area (TPSA) is 116 Å². The number of amides is 2. The highest BCUT2D eigenvalue weighted by atomic mass is 19.1. The number of halogens is 1. The molecule has 0 aliphatic carbocycles. The Morgan fingerprint density at radius 2 is 1.90 bits per heavy atom. The number of ether oxygens (including phenoxy) is 1. The number of hydrogen-bond acceptors (Lipinski definition) is 4. The second-order valence-corrected chi connectivity index (χ2v) is 6.22. The Morgan fingerprint density at radius 1 is 1.10 bits per heavy atom. The van der Waals surface area contributed by atoms with Crippen LogP contribution in [0.25, 0.3) is 0 Å². The zero-order valence-corrected chi connectivity index (χ0v) is 15.3. The first-order chi connectivity index (χ1) is 13.9. The minimum Gasteiger partial charge on any atom is -0.505 e. The zero-order chi connectivity index (χ0) is 20.8. The van der Waals surface area contributed by atoms with E-state index in [-0.39, 0.29) is 11.3 Å². The van der Waals surface area contributed by atoms with Crippen molar-refractivity contribution in [2.24, 2.45) is 5.73 Å². The number of benzene rings is 2. The lowest BCUT2D eigenvalue weighted by atomic mass is 10.1. The van der Waals surface area contributed by atoms with E-state index in [1.54, 1.807) is 18.3 Å². The fourth-order valence-corrected chi connectivity index (χ4v) is 2.62. The Labute approximate surface area is 166 Å².